The number of hydrogen-bond acceptors (Lipinski definition) is 6. The Morgan fingerprint density at radius 3 is 0.971 bits per heavy atom. The maximum Gasteiger partial charge on any atom is 0.306 e. The van der Waals surface area contributed by atoms with Crippen molar-refractivity contribution < 1.29 is 28.6 Å². The van der Waals surface area contributed by atoms with Crippen molar-refractivity contribution in [2.24, 2.45) is 0 Å². The first-order valence-corrected chi connectivity index (χ1v) is 29.5. The molecular formula is C63H110O6. The molecule has 0 spiro atoms. The second-order valence-electron chi connectivity index (χ2n) is 19.6. The van der Waals surface area contributed by atoms with Crippen molar-refractivity contribution in [1.82, 2.24) is 0 Å². The zero-order valence-electron chi connectivity index (χ0n) is 45.6. The molecule has 6 nitrogen and oxygen atoms in total. The van der Waals surface area contributed by atoms with Crippen molar-refractivity contribution >= 4 is 17.9 Å². The van der Waals surface area contributed by atoms with E-state index in [1.54, 1.807) is 0 Å². The molecule has 0 bridgehead atoms. The zero-order valence-corrected chi connectivity index (χ0v) is 45.6. The maximum atomic E-state index is 12.8. The van der Waals surface area contributed by atoms with Crippen molar-refractivity contribution in [2.75, 3.05) is 13.2 Å². The van der Waals surface area contributed by atoms with Crippen molar-refractivity contribution in [3.05, 3.63) is 72.9 Å². The first-order valence-electron chi connectivity index (χ1n) is 29.5. The van der Waals surface area contributed by atoms with Gasteiger partial charge in [0.1, 0.15) is 13.2 Å². The van der Waals surface area contributed by atoms with E-state index in [9.17, 15) is 14.4 Å². The number of esters is 3. The zero-order chi connectivity index (χ0) is 50.0. The minimum atomic E-state index is -0.816. The molecule has 0 aliphatic carbocycles. The van der Waals surface area contributed by atoms with Crippen LogP contribution in [0.2, 0.25) is 0 Å². The molecule has 1 atom stereocenters. The van der Waals surface area contributed by atoms with Gasteiger partial charge in [-0.1, -0.05) is 241 Å². The average molecular weight is 964 g/mol. The fourth-order valence-electron chi connectivity index (χ4n) is 8.21. The SMILES string of the molecule is CCCCCCCC/C=C\C/C=C\C/C=C\CCCC(=O)OC(COC(=O)CCCCC/C=C\C=C/CCCCCCCCC)COC(=O)CCCCCCC/C=C\CCCCCCCCCCC. The molecule has 0 amide bonds. The number of rotatable bonds is 53. The monoisotopic (exact) mass is 963 g/mol. The van der Waals surface area contributed by atoms with E-state index < -0.39 is 6.10 Å². The molecule has 1 unspecified atom stereocenters. The predicted octanol–water partition coefficient (Wildman–Crippen LogP) is 19.8. The highest BCUT2D eigenvalue weighted by Crippen LogP contribution is 2.14. The van der Waals surface area contributed by atoms with Crippen molar-refractivity contribution in [3.8, 4) is 0 Å². The predicted molar refractivity (Wildman–Crippen MR) is 298 cm³/mol. The molecular weight excluding hydrogens is 853 g/mol. The van der Waals surface area contributed by atoms with Gasteiger partial charge in [-0.05, 0) is 103 Å². The van der Waals surface area contributed by atoms with Crippen LogP contribution in [0.15, 0.2) is 72.9 Å². The summed E-state index contributed by atoms with van der Waals surface area (Å²) in [5.74, 6) is -0.987. The lowest BCUT2D eigenvalue weighted by atomic mass is 10.1. The van der Waals surface area contributed by atoms with E-state index in [4.69, 9.17) is 14.2 Å². The lowest BCUT2D eigenvalue weighted by Gasteiger charge is -2.18. The topological polar surface area (TPSA) is 78.9 Å². The van der Waals surface area contributed by atoms with Crippen LogP contribution in [0.4, 0.5) is 0 Å². The van der Waals surface area contributed by atoms with Crippen LogP contribution in [0.3, 0.4) is 0 Å². The Balaban J connectivity index is 4.49. The van der Waals surface area contributed by atoms with E-state index in [1.807, 2.05) is 0 Å². The van der Waals surface area contributed by atoms with Crippen LogP contribution in [0.1, 0.15) is 290 Å². The molecule has 398 valence electrons. The van der Waals surface area contributed by atoms with Gasteiger partial charge in [0.2, 0.25) is 0 Å². The average Bonchev–Trinajstić information content (AvgIpc) is 3.35. The molecule has 69 heavy (non-hydrogen) atoms. The summed E-state index contributed by atoms with van der Waals surface area (Å²) in [7, 11) is 0. The number of carbonyl (C=O) groups excluding carboxylic acids is 3. The Hall–Kier alpha value is -3.15. The molecule has 0 aliphatic heterocycles. The molecule has 0 aromatic heterocycles. The maximum absolute atomic E-state index is 12.8. The van der Waals surface area contributed by atoms with Crippen molar-refractivity contribution in [2.45, 2.75) is 297 Å². The molecule has 0 aliphatic rings. The van der Waals surface area contributed by atoms with Crippen LogP contribution >= 0.6 is 0 Å². The van der Waals surface area contributed by atoms with Gasteiger partial charge in [0.05, 0.1) is 0 Å². The third-order valence-corrected chi connectivity index (χ3v) is 12.7. The van der Waals surface area contributed by atoms with Gasteiger partial charge in [-0.3, -0.25) is 14.4 Å². The fraction of sp³-hybridized carbons (Fsp3) is 0.762. The summed E-state index contributed by atoms with van der Waals surface area (Å²) in [6, 6.07) is 0. The van der Waals surface area contributed by atoms with Gasteiger partial charge in [-0.2, -0.15) is 0 Å². The summed E-state index contributed by atoms with van der Waals surface area (Å²) in [5, 5.41) is 0. The number of carbonyl (C=O) groups is 3. The van der Waals surface area contributed by atoms with Gasteiger partial charge in [0.15, 0.2) is 6.10 Å². The van der Waals surface area contributed by atoms with Gasteiger partial charge < -0.3 is 14.2 Å². The summed E-state index contributed by atoms with van der Waals surface area (Å²) < 4.78 is 16.8. The first-order chi connectivity index (χ1) is 34.0. The fourth-order valence-corrected chi connectivity index (χ4v) is 8.21. The summed E-state index contributed by atoms with van der Waals surface area (Å²) in [4.78, 5) is 38.1. The molecule has 0 aromatic rings. The molecule has 0 aromatic carbocycles. The minimum absolute atomic E-state index is 0.108. The lowest BCUT2D eigenvalue weighted by Crippen LogP contribution is -2.30. The molecule has 6 heteroatoms. The number of ether oxygens (including phenoxy) is 3. The summed E-state index contributed by atoms with van der Waals surface area (Å²) in [5.41, 5.74) is 0. The quantitative estimate of drug-likeness (QED) is 0.0199. The van der Waals surface area contributed by atoms with Crippen LogP contribution in [0, 0.1) is 0 Å². The van der Waals surface area contributed by atoms with Gasteiger partial charge in [-0.25, -0.2) is 0 Å². The van der Waals surface area contributed by atoms with Gasteiger partial charge in [0.25, 0.3) is 0 Å². The highest BCUT2D eigenvalue weighted by molar-refractivity contribution is 5.71. The highest BCUT2D eigenvalue weighted by atomic mass is 16.6. The normalized spacial score (nSPS) is 12.6. The van der Waals surface area contributed by atoms with E-state index in [0.717, 1.165) is 77.0 Å². The van der Waals surface area contributed by atoms with E-state index in [-0.39, 0.29) is 37.5 Å². The Kier molecular flexibility index (Phi) is 54.8. The number of hydrogen-bond donors (Lipinski definition) is 0. The van der Waals surface area contributed by atoms with Gasteiger partial charge in [0, 0.05) is 19.3 Å². The van der Waals surface area contributed by atoms with Crippen LogP contribution < -0.4 is 0 Å². The second-order valence-corrected chi connectivity index (χ2v) is 19.6. The van der Waals surface area contributed by atoms with Crippen LogP contribution in [-0.2, 0) is 28.6 Å². The van der Waals surface area contributed by atoms with E-state index in [1.165, 1.54) is 167 Å². The summed E-state index contributed by atoms with van der Waals surface area (Å²) in [6.45, 7) is 6.58. The molecule has 0 heterocycles. The van der Waals surface area contributed by atoms with Crippen LogP contribution in [0.5, 0.6) is 0 Å². The molecule has 0 saturated heterocycles. The first kappa shape index (κ1) is 65.8. The summed E-state index contributed by atoms with van der Waals surface area (Å²) >= 11 is 0. The smallest absolute Gasteiger partial charge is 0.306 e. The van der Waals surface area contributed by atoms with E-state index in [2.05, 4.69) is 93.7 Å². The summed E-state index contributed by atoms with van der Waals surface area (Å²) in [6.07, 6.45) is 73.3. The third-order valence-electron chi connectivity index (χ3n) is 12.7. The molecule has 0 fully saturated rings. The van der Waals surface area contributed by atoms with Crippen LogP contribution in [-0.4, -0.2) is 37.2 Å². The van der Waals surface area contributed by atoms with Crippen molar-refractivity contribution in [3.63, 3.8) is 0 Å². The largest absolute Gasteiger partial charge is 0.462 e. The van der Waals surface area contributed by atoms with Gasteiger partial charge in [-0.15, -0.1) is 0 Å². The standard InChI is InChI=1S/C63H110O6/c1-4-7-10-13-16-19-22-25-28-31-33-35-38-41-44-47-50-53-56-62(65)68-59-60(58-67-61(64)55-52-49-46-43-40-37-34-30-27-24-21-18-15-12-9-6-3)69-63(66)57-54-51-48-45-42-39-36-32-29-26-23-20-17-14-11-8-5-2/h26,29-30,33-37,39-40,45,48,60H,4-25,27-28,31-32,38,41-44,46-47,49-59H2,1-3H3/b29-26-,34-30-,35-33-,39-36-,40-37-,48-45-. The van der Waals surface area contributed by atoms with E-state index >= 15 is 0 Å². The lowest BCUT2D eigenvalue weighted by molar-refractivity contribution is -0.167. The Bertz CT molecular complexity index is 1290. The number of allylic oxidation sites excluding steroid dienone is 12. The molecule has 0 saturated carbocycles. The molecule has 0 N–H and O–H groups in total. The molecule has 0 radical (unpaired) electrons. The Labute approximate surface area is 427 Å². The Morgan fingerprint density at radius 1 is 0.304 bits per heavy atom. The van der Waals surface area contributed by atoms with E-state index in [0.29, 0.717) is 19.3 Å². The van der Waals surface area contributed by atoms with Crippen molar-refractivity contribution in [1.29, 1.82) is 0 Å². The third kappa shape index (κ3) is 55.6. The minimum Gasteiger partial charge on any atom is -0.462 e. The second kappa shape index (κ2) is 57.4. The molecule has 0 rings (SSSR count). The van der Waals surface area contributed by atoms with Gasteiger partial charge >= 0.3 is 17.9 Å². The number of unbranched alkanes of at least 4 members (excludes halogenated alkanes) is 31. The Morgan fingerprint density at radius 2 is 0.580 bits per heavy atom. The van der Waals surface area contributed by atoms with Crippen LogP contribution in [0.25, 0.3) is 0 Å². The highest BCUT2D eigenvalue weighted by Gasteiger charge is 2.19.